The van der Waals surface area contributed by atoms with Crippen molar-refractivity contribution >= 4 is 55.6 Å². The maximum Gasteiger partial charge on any atom is 0.0541 e. The number of benzene rings is 7. The molecule has 8 aromatic rings. The highest BCUT2D eigenvalue weighted by Gasteiger charge is 2.23. The standard InChI is InChI=1S/C44H30N2/c1-30-35-20-12-21-36(32-24-25-42-40(29-32)39-19-10-11-22-41(39)46(42)34-16-6-3-7-17-34)38(35)27-28-45(33-14-4-2-5-15-33)43-26-23-31-13-8-9-18-37(31)44(30)43/h2-29H,1H2/b28-27-. The number of para-hydroxylation sites is 3. The Morgan fingerprint density at radius 1 is 0.478 bits per heavy atom. The van der Waals surface area contributed by atoms with Gasteiger partial charge in [0.25, 0.3) is 0 Å². The van der Waals surface area contributed by atoms with Crippen molar-refractivity contribution in [2.45, 2.75) is 0 Å². The highest BCUT2D eigenvalue weighted by molar-refractivity contribution is 6.11. The molecule has 9 rings (SSSR count). The molecule has 0 spiro atoms. The van der Waals surface area contributed by atoms with Crippen LogP contribution in [0.25, 0.3) is 61.0 Å². The van der Waals surface area contributed by atoms with Crippen LogP contribution in [0.2, 0.25) is 0 Å². The second-order valence-electron chi connectivity index (χ2n) is 11.9. The zero-order valence-corrected chi connectivity index (χ0v) is 25.3. The Bertz CT molecular complexity index is 2480. The summed E-state index contributed by atoms with van der Waals surface area (Å²) in [4.78, 5) is 2.29. The molecular weight excluding hydrogens is 556 g/mol. The van der Waals surface area contributed by atoms with Crippen molar-refractivity contribution in [3.05, 3.63) is 187 Å². The van der Waals surface area contributed by atoms with E-state index in [4.69, 9.17) is 6.58 Å². The molecule has 0 N–H and O–H groups in total. The van der Waals surface area contributed by atoms with Crippen molar-refractivity contribution in [3.8, 4) is 16.8 Å². The first-order chi connectivity index (χ1) is 22.8. The molecule has 2 heteroatoms. The smallest absolute Gasteiger partial charge is 0.0541 e. The van der Waals surface area contributed by atoms with Gasteiger partial charge in [0.05, 0.1) is 16.7 Å². The van der Waals surface area contributed by atoms with Gasteiger partial charge in [-0.15, -0.1) is 0 Å². The minimum atomic E-state index is 1.02. The normalized spacial score (nSPS) is 13.4. The third kappa shape index (κ3) is 4.04. The number of nitrogens with zero attached hydrogens (tertiary/aromatic N) is 2. The maximum atomic E-state index is 4.78. The van der Waals surface area contributed by atoms with Gasteiger partial charge in [0.1, 0.15) is 0 Å². The van der Waals surface area contributed by atoms with Crippen molar-refractivity contribution in [1.82, 2.24) is 4.57 Å². The van der Waals surface area contributed by atoms with E-state index in [2.05, 4.69) is 179 Å². The molecule has 0 aliphatic carbocycles. The second-order valence-corrected chi connectivity index (χ2v) is 11.9. The first kappa shape index (κ1) is 26.3. The average molecular weight is 587 g/mol. The highest BCUT2D eigenvalue weighted by Crippen LogP contribution is 2.44. The molecule has 0 amide bonds. The molecule has 2 heterocycles. The Morgan fingerprint density at radius 2 is 1.15 bits per heavy atom. The van der Waals surface area contributed by atoms with Gasteiger partial charge in [-0.05, 0) is 93.2 Å². The van der Waals surface area contributed by atoms with E-state index in [1.807, 2.05) is 0 Å². The van der Waals surface area contributed by atoms with Gasteiger partial charge in [0.15, 0.2) is 0 Å². The highest BCUT2D eigenvalue weighted by atomic mass is 15.1. The zero-order chi connectivity index (χ0) is 30.6. The van der Waals surface area contributed by atoms with Gasteiger partial charge in [0, 0.05) is 33.9 Å². The van der Waals surface area contributed by atoms with Crippen molar-refractivity contribution in [3.63, 3.8) is 0 Å². The summed E-state index contributed by atoms with van der Waals surface area (Å²) in [5, 5.41) is 4.90. The summed E-state index contributed by atoms with van der Waals surface area (Å²) in [6.07, 6.45) is 4.48. The Kier molecular flexibility index (Phi) is 6.00. The van der Waals surface area contributed by atoms with Crippen molar-refractivity contribution < 1.29 is 0 Å². The minimum Gasteiger partial charge on any atom is -0.317 e. The van der Waals surface area contributed by atoms with Crippen molar-refractivity contribution in [1.29, 1.82) is 0 Å². The quantitative estimate of drug-likeness (QED) is 0.200. The third-order valence-electron chi connectivity index (χ3n) is 9.32. The van der Waals surface area contributed by atoms with E-state index < -0.39 is 0 Å². The van der Waals surface area contributed by atoms with Crippen LogP contribution in [0.3, 0.4) is 0 Å². The molecule has 0 saturated heterocycles. The van der Waals surface area contributed by atoms with E-state index in [0.29, 0.717) is 0 Å². The van der Waals surface area contributed by atoms with Crippen molar-refractivity contribution in [2.75, 3.05) is 4.90 Å². The molecule has 1 aliphatic rings. The average Bonchev–Trinajstić information content (AvgIpc) is 3.45. The topological polar surface area (TPSA) is 8.17 Å². The maximum absolute atomic E-state index is 4.78. The predicted octanol–water partition coefficient (Wildman–Crippen LogP) is 11.8. The zero-order valence-electron chi connectivity index (χ0n) is 25.3. The van der Waals surface area contributed by atoms with Crippen LogP contribution in [0.15, 0.2) is 171 Å². The molecule has 0 fully saturated rings. The lowest BCUT2D eigenvalue weighted by Gasteiger charge is -2.29. The summed E-state index contributed by atoms with van der Waals surface area (Å²) in [5.41, 5.74) is 12.7. The van der Waals surface area contributed by atoms with Gasteiger partial charge in [-0.25, -0.2) is 0 Å². The molecule has 46 heavy (non-hydrogen) atoms. The molecule has 216 valence electrons. The lowest BCUT2D eigenvalue weighted by Crippen LogP contribution is -2.13. The monoisotopic (exact) mass is 586 g/mol. The van der Waals surface area contributed by atoms with E-state index >= 15 is 0 Å². The van der Waals surface area contributed by atoms with E-state index in [0.717, 1.165) is 39.3 Å². The second kappa shape index (κ2) is 10.5. The van der Waals surface area contributed by atoms with Gasteiger partial charge in [-0.2, -0.15) is 0 Å². The van der Waals surface area contributed by atoms with Crippen LogP contribution in [-0.4, -0.2) is 4.57 Å². The first-order valence-electron chi connectivity index (χ1n) is 15.7. The van der Waals surface area contributed by atoms with Crippen LogP contribution in [0.5, 0.6) is 0 Å². The first-order valence-corrected chi connectivity index (χ1v) is 15.7. The fourth-order valence-corrected chi connectivity index (χ4v) is 7.21. The van der Waals surface area contributed by atoms with Crippen LogP contribution in [0, 0.1) is 0 Å². The molecule has 1 aromatic heterocycles. The molecule has 0 bridgehead atoms. The van der Waals surface area contributed by atoms with E-state index in [-0.39, 0.29) is 0 Å². The van der Waals surface area contributed by atoms with Crippen LogP contribution in [-0.2, 0) is 0 Å². The lowest BCUT2D eigenvalue weighted by molar-refractivity contribution is 1.18. The summed E-state index contributed by atoms with van der Waals surface area (Å²) in [6.45, 7) is 4.78. The molecule has 1 aliphatic heterocycles. The van der Waals surface area contributed by atoms with E-state index in [1.54, 1.807) is 0 Å². The molecule has 0 radical (unpaired) electrons. The molecular formula is C44H30N2. The number of aromatic nitrogens is 1. The Labute approximate surface area is 268 Å². The summed E-state index contributed by atoms with van der Waals surface area (Å²) in [5.74, 6) is 0. The van der Waals surface area contributed by atoms with Gasteiger partial charge < -0.3 is 9.47 Å². The summed E-state index contributed by atoms with van der Waals surface area (Å²) >= 11 is 0. The van der Waals surface area contributed by atoms with E-state index in [9.17, 15) is 0 Å². The Hall–Kier alpha value is -6.12. The van der Waals surface area contributed by atoms with Gasteiger partial charge in [-0.3, -0.25) is 0 Å². The number of rotatable bonds is 3. The fraction of sp³-hybridized carbons (Fsp3) is 0. The lowest BCUT2D eigenvalue weighted by atomic mass is 9.85. The van der Waals surface area contributed by atoms with Crippen LogP contribution in [0.4, 0.5) is 11.4 Å². The SMILES string of the molecule is C=C1c2cccc(-c3ccc4c(c3)c3ccccc3n4-c3ccccc3)c2/C=C\N(c2ccccc2)c2ccc3ccccc3c21. The largest absolute Gasteiger partial charge is 0.317 e. The predicted molar refractivity (Wildman–Crippen MR) is 196 cm³/mol. The summed E-state index contributed by atoms with van der Waals surface area (Å²) < 4.78 is 2.37. The molecule has 0 atom stereocenters. The number of anilines is 2. The summed E-state index contributed by atoms with van der Waals surface area (Å²) in [7, 11) is 0. The third-order valence-corrected chi connectivity index (χ3v) is 9.32. The van der Waals surface area contributed by atoms with Gasteiger partial charge in [0.2, 0.25) is 0 Å². The van der Waals surface area contributed by atoms with Gasteiger partial charge >= 0.3 is 0 Å². The number of hydrogen-bond donors (Lipinski definition) is 0. The molecule has 0 unspecified atom stereocenters. The molecule has 2 nitrogen and oxygen atoms in total. The van der Waals surface area contributed by atoms with E-state index in [1.165, 1.54) is 43.7 Å². The van der Waals surface area contributed by atoms with Crippen LogP contribution < -0.4 is 4.90 Å². The number of fused-ring (bicyclic) bond motifs is 7. The Morgan fingerprint density at radius 3 is 1.98 bits per heavy atom. The van der Waals surface area contributed by atoms with Crippen molar-refractivity contribution in [2.24, 2.45) is 0 Å². The Balaban J connectivity index is 1.29. The number of hydrogen-bond acceptors (Lipinski definition) is 1. The minimum absolute atomic E-state index is 1.02. The molecule has 0 saturated carbocycles. The van der Waals surface area contributed by atoms with Gasteiger partial charge in [-0.1, -0.05) is 116 Å². The van der Waals surface area contributed by atoms with Crippen LogP contribution in [0.1, 0.15) is 16.7 Å². The van der Waals surface area contributed by atoms with Crippen LogP contribution >= 0.6 is 0 Å². The molecule has 7 aromatic carbocycles. The summed E-state index contributed by atoms with van der Waals surface area (Å²) in [6, 6.07) is 56.5. The fourth-order valence-electron chi connectivity index (χ4n) is 7.21.